The van der Waals surface area contributed by atoms with E-state index >= 15 is 0 Å². The second kappa shape index (κ2) is 12.8. The molecule has 194 valence electrons. The van der Waals surface area contributed by atoms with Crippen LogP contribution in [0.3, 0.4) is 0 Å². The highest BCUT2D eigenvalue weighted by Gasteiger charge is 2.21. The Morgan fingerprint density at radius 3 is 2.35 bits per heavy atom. The zero-order valence-electron chi connectivity index (χ0n) is 21.5. The maximum Gasteiger partial charge on any atom is 0.179 e. The number of hydrogen-bond donors (Lipinski definition) is 2. The summed E-state index contributed by atoms with van der Waals surface area (Å²) in [5, 5.41) is 11.9. The summed E-state index contributed by atoms with van der Waals surface area (Å²) in [6.45, 7) is 6.44. The summed E-state index contributed by atoms with van der Waals surface area (Å²) < 4.78 is 16.2. The number of carbonyl (C=O) groups is 1. The molecule has 3 aromatic carbocycles. The Labute approximate surface area is 226 Å². The quantitative estimate of drug-likeness (QED) is 0.268. The highest BCUT2D eigenvalue weighted by molar-refractivity contribution is 8.00. The Kier molecular flexibility index (Phi) is 9.75. The van der Waals surface area contributed by atoms with E-state index in [0.717, 1.165) is 33.1 Å². The Hall–Kier alpha value is -3.32. The van der Waals surface area contributed by atoms with Gasteiger partial charge in [-0.1, -0.05) is 44.7 Å². The fraction of sp³-hybridized carbons (Fsp3) is 0.286. The number of nitrogens with zero attached hydrogens (tertiary/aromatic N) is 1. The van der Waals surface area contributed by atoms with Crippen LogP contribution in [-0.4, -0.2) is 30.8 Å². The van der Waals surface area contributed by atoms with Crippen LogP contribution in [0.1, 0.15) is 38.0 Å². The lowest BCUT2D eigenvalue weighted by molar-refractivity contribution is -0.113. The minimum absolute atomic E-state index is 0.0817. The fourth-order valence-corrected chi connectivity index (χ4v) is 5.36. The molecule has 9 heteroatoms. The van der Waals surface area contributed by atoms with E-state index in [1.165, 1.54) is 0 Å². The van der Waals surface area contributed by atoms with E-state index in [0.29, 0.717) is 17.1 Å². The number of nitriles is 1. The van der Waals surface area contributed by atoms with Gasteiger partial charge in [0.05, 0.1) is 31.5 Å². The molecule has 0 fully saturated rings. The van der Waals surface area contributed by atoms with Crippen LogP contribution in [-0.2, 0) is 4.79 Å². The van der Waals surface area contributed by atoms with Crippen LogP contribution >= 0.6 is 23.5 Å². The second-order valence-electron chi connectivity index (χ2n) is 8.98. The molecule has 0 amide bonds. The van der Waals surface area contributed by atoms with Crippen LogP contribution in [0.4, 0.5) is 5.69 Å². The Morgan fingerprint density at radius 1 is 1.08 bits per heavy atom. The van der Waals surface area contributed by atoms with Crippen molar-refractivity contribution in [2.75, 3.05) is 19.5 Å². The molecule has 0 aromatic heterocycles. The monoisotopic (exact) mass is 537 g/mol. The number of methoxy groups -OCH3 is 2. The molecule has 3 aromatic rings. The maximum absolute atomic E-state index is 11.4. The molecule has 0 saturated heterocycles. The van der Waals surface area contributed by atoms with Crippen LogP contribution in [0.15, 0.2) is 70.5 Å². The molecule has 2 atom stereocenters. The summed E-state index contributed by atoms with van der Waals surface area (Å²) in [5.41, 5.74) is 8.03. The van der Waals surface area contributed by atoms with Gasteiger partial charge in [-0.05, 0) is 42.5 Å². The summed E-state index contributed by atoms with van der Waals surface area (Å²) in [6, 6.07) is 20.4. The third-order valence-corrected chi connectivity index (χ3v) is 7.08. The number of aldehydes is 1. The highest BCUT2D eigenvalue weighted by Crippen LogP contribution is 2.43. The summed E-state index contributed by atoms with van der Waals surface area (Å²) in [6.07, 6.45) is 0.127. The molecule has 37 heavy (non-hydrogen) atoms. The van der Waals surface area contributed by atoms with Gasteiger partial charge in [-0.2, -0.15) is 5.26 Å². The number of ether oxygens (including phenoxy) is 3. The molecule has 2 unspecified atom stereocenters. The predicted molar refractivity (Wildman–Crippen MR) is 150 cm³/mol. The van der Waals surface area contributed by atoms with Crippen LogP contribution in [0.25, 0.3) is 0 Å². The van der Waals surface area contributed by atoms with E-state index < -0.39 is 6.10 Å². The number of anilines is 1. The molecule has 0 radical (unpaired) electrons. The molecule has 0 spiro atoms. The molecule has 1 aliphatic heterocycles. The number of fused-ring (bicyclic) bond motifs is 1. The molecule has 4 rings (SSSR count). The first kappa shape index (κ1) is 28.3. The molecule has 0 bridgehead atoms. The minimum Gasteiger partial charge on any atom is -0.493 e. The van der Waals surface area contributed by atoms with Gasteiger partial charge in [0.1, 0.15) is 11.2 Å². The van der Waals surface area contributed by atoms with Gasteiger partial charge in [-0.3, -0.25) is 4.79 Å². The number of nitrogens with two attached hydrogens (primary N) is 1. The second-order valence-corrected chi connectivity index (χ2v) is 12.1. The zero-order valence-corrected chi connectivity index (χ0v) is 23.1. The average Bonchev–Trinajstić information content (AvgIpc) is 3.25. The third-order valence-electron chi connectivity index (χ3n) is 5.02. The zero-order chi connectivity index (χ0) is 27.0. The van der Waals surface area contributed by atoms with Gasteiger partial charge in [0.15, 0.2) is 23.9 Å². The molecule has 1 heterocycles. The largest absolute Gasteiger partial charge is 0.493 e. The van der Waals surface area contributed by atoms with Gasteiger partial charge in [-0.15, -0.1) is 11.8 Å². The van der Waals surface area contributed by atoms with Crippen LogP contribution in [0.5, 0.6) is 17.2 Å². The van der Waals surface area contributed by atoms with Crippen molar-refractivity contribution >= 4 is 35.5 Å². The Morgan fingerprint density at radius 2 is 1.76 bits per heavy atom. The lowest BCUT2D eigenvalue weighted by Gasteiger charge is -2.19. The maximum atomic E-state index is 11.4. The topological polar surface area (TPSA) is 107 Å². The fourth-order valence-electron chi connectivity index (χ4n) is 3.43. The number of thioether (sulfide) groups is 2. The van der Waals surface area contributed by atoms with Gasteiger partial charge < -0.3 is 25.3 Å². The summed E-state index contributed by atoms with van der Waals surface area (Å²) in [4.78, 5) is 13.6. The van der Waals surface area contributed by atoms with Gasteiger partial charge in [-0.25, -0.2) is 0 Å². The number of benzene rings is 3. The van der Waals surface area contributed by atoms with E-state index in [2.05, 4.69) is 32.2 Å². The van der Waals surface area contributed by atoms with Crippen molar-refractivity contribution in [3.05, 3.63) is 71.8 Å². The average molecular weight is 538 g/mol. The van der Waals surface area contributed by atoms with Crippen molar-refractivity contribution < 1.29 is 19.0 Å². The van der Waals surface area contributed by atoms with Crippen LogP contribution < -0.4 is 25.3 Å². The number of nitrogens with one attached hydrogen (secondary N) is 1. The van der Waals surface area contributed by atoms with Gasteiger partial charge in [0, 0.05) is 26.2 Å². The summed E-state index contributed by atoms with van der Waals surface area (Å²) >= 11 is 3.32. The first-order valence-corrected chi connectivity index (χ1v) is 13.2. The smallest absolute Gasteiger partial charge is 0.179 e. The van der Waals surface area contributed by atoms with Crippen molar-refractivity contribution in [3.63, 3.8) is 0 Å². The lowest BCUT2D eigenvalue weighted by Crippen LogP contribution is -2.20. The standard InChI is InChI=1S/C19H19NO2S.C9H12N2O2S/c1-19(2,3)23-17-6-4-5-15(11-17)18(13-21)22-16-9-7-14(12-20)8-10-16;1-12-6-3-5-8(4-7(6)13-2)14-9(10)11-5/h4-11,13,18H,1-3H3;3-4,9,11H,10H2,1-2H3. The molecule has 1 aliphatic rings. The van der Waals surface area contributed by atoms with E-state index in [4.69, 9.17) is 25.2 Å². The normalized spacial score (nSPS) is 14.7. The molecular weight excluding hydrogens is 506 g/mol. The van der Waals surface area contributed by atoms with Crippen molar-refractivity contribution in [1.29, 1.82) is 5.26 Å². The Balaban J connectivity index is 0.000000231. The van der Waals surface area contributed by atoms with Crippen molar-refractivity contribution in [2.24, 2.45) is 5.73 Å². The number of carbonyl (C=O) groups excluding carboxylic acids is 1. The van der Waals surface area contributed by atoms with E-state index in [1.54, 1.807) is 62.0 Å². The molecular formula is C28H31N3O4S2. The van der Waals surface area contributed by atoms with E-state index in [9.17, 15) is 4.79 Å². The predicted octanol–water partition coefficient (Wildman–Crippen LogP) is 6.23. The van der Waals surface area contributed by atoms with Gasteiger partial charge in [0.2, 0.25) is 0 Å². The lowest BCUT2D eigenvalue weighted by atomic mass is 10.1. The van der Waals surface area contributed by atoms with Crippen LogP contribution in [0, 0.1) is 11.3 Å². The molecule has 0 saturated carbocycles. The Bertz CT molecular complexity index is 1220. The first-order valence-electron chi connectivity index (χ1n) is 11.5. The van der Waals surface area contributed by atoms with E-state index in [1.807, 2.05) is 36.4 Å². The van der Waals surface area contributed by atoms with Gasteiger partial charge >= 0.3 is 0 Å². The van der Waals surface area contributed by atoms with Crippen molar-refractivity contribution in [2.45, 2.75) is 46.9 Å². The molecule has 7 nitrogen and oxygen atoms in total. The molecule has 3 N–H and O–H groups in total. The van der Waals surface area contributed by atoms with E-state index in [-0.39, 0.29) is 10.2 Å². The number of hydrogen-bond acceptors (Lipinski definition) is 9. The summed E-state index contributed by atoms with van der Waals surface area (Å²) in [5.74, 6) is 2.01. The highest BCUT2D eigenvalue weighted by atomic mass is 32.2. The number of rotatable bonds is 7. The minimum atomic E-state index is -0.663. The SMILES string of the molecule is CC(C)(C)Sc1cccc(C(C=O)Oc2ccc(C#N)cc2)c1.COc1cc2c(cc1OC)SC(N)N2. The first-order chi connectivity index (χ1) is 17.6. The van der Waals surface area contributed by atoms with Crippen LogP contribution in [0.2, 0.25) is 0 Å². The molecule has 0 aliphatic carbocycles. The summed E-state index contributed by atoms with van der Waals surface area (Å²) in [7, 11) is 3.24. The van der Waals surface area contributed by atoms with Gasteiger partial charge in [0.25, 0.3) is 0 Å². The van der Waals surface area contributed by atoms with Crippen molar-refractivity contribution in [1.82, 2.24) is 0 Å². The third kappa shape index (κ3) is 8.09. The van der Waals surface area contributed by atoms with Crippen molar-refractivity contribution in [3.8, 4) is 23.3 Å².